The fourth-order valence-electron chi connectivity index (χ4n) is 8.74. The van der Waals surface area contributed by atoms with Crippen molar-refractivity contribution in [1.82, 2.24) is 29.3 Å². The molecule has 3 N–H and O–H groups in total. The van der Waals surface area contributed by atoms with Gasteiger partial charge in [-0.05, 0) is 146 Å². The summed E-state index contributed by atoms with van der Waals surface area (Å²) in [5.74, 6) is -3.93. The smallest absolute Gasteiger partial charge is 0.566 e. The van der Waals surface area contributed by atoms with Gasteiger partial charge in [-0.3, -0.25) is 29.7 Å². The molecule has 9 aromatic rings. The highest BCUT2D eigenvalue weighted by Gasteiger charge is 2.52. The maximum atomic E-state index is 12.9. The van der Waals surface area contributed by atoms with Crippen molar-refractivity contribution in [1.29, 1.82) is 0 Å². The molecule has 39 nitrogen and oxygen atoms in total. The fourth-order valence-corrected chi connectivity index (χ4v) is 22.3. The topological polar surface area (TPSA) is 527 Å². The molecule has 0 spiro atoms. The standard InChI is InChI=1S/3C16H12N4O9S2.3Al/c3*21-15-13(18-17-9-1-5-11(6-2-9)30(24,25)26)14(16(22)23)19-20(15)10-3-7-12(8-4-10)31(27,28)29;;;/h3*1-8,19H,(H,22,23)(H,24,25,26)(H,27,28,29);;;/q;;;3*+3/p-9. The van der Waals surface area contributed by atoms with Gasteiger partial charge in [0.25, 0.3) is 77.4 Å². The number of rotatable bonds is 0. The van der Waals surface area contributed by atoms with E-state index in [1.54, 1.807) is 0 Å². The van der Waals surface area contributed by atoms with E-state index < -0.39 is 175 Å². The van der Waals surface area contributed by atoms with E-state index >= 15 is 0 Å². The van der Waals surface area contributed by atoms with Crippen molar-refractivity contribution in [2.24, 2.45) is 30.7 Å². The number of benzene rings is 6. The number of aromatic nitrogens is 6. The molecular weight excluding hydrogens is 1450 g/mol. The normalized spacial score (nSPS) is 18.4. The SMILES string of the molecule is O=C1[O][Al]2[O]S(=O)(=O)c3ccc(cc3)N=Nc3c1[nH]n(c3=O)-c1ccc(cc1)S(=O)(=O)[O]2.O=C1[O][Al]2[O]S(=O)(=O)c3ccc(cc3)N=Nc3c1[nH]n(c3=O)-c1ccc(cc1)S(=O)(=O)[O]2.O=C1[O][Al]2[O]S(=O)(=O)c3ccc(cc3)N=Nc3c1[nH]n(c3=O)-c1ccc(cc1)S(=O)(=O)[O]2. The number of fused-ring (bicyclic) bond motifs is 18. The van der Waals surface area contributed by atoms with Crippen LogP contribution in [0.25, 0.3) is 17.1 Å². The van der Waals surface area contributed by atoms with Gasteiger partial charge < -0.3 is 30.8 Å². The van der Waals surface area contributed by atoms with Gasteiger partial charge in [-0.25, -0.2) is 28.4 Å². The third-order valence-corrected chi connectivity index (χ3v) is 29.5. The lowest BCUT2D eigenvalue weighted by molar-refractivity contribution is 0.0648. The minimum absolute atomic E-state index is 0.174. The van der Waals surface area contributed by atoms with E-state index in [4.69, 9.17) is 30.8 Å². The summed E-state index contributed by atoms with van der Waals surface area (Å²) in [7, 11) is -27.5. The van der Waals surface area contributed by atoms with Gasteiger partial charge in [-0.2, -0.15) is 65.8 Å². The lowest BCUT2D eigenvalue weighted by Gasteiger charge is -2.14. The molecule has 0 atom stereocenters. The van der Waals surface area contributed by atoms with Crippen LogP contribution in [0.15, 0.2) is 220 Å². The zero-order chi connectivity index (χ0) is 68.0. The summed E-state index contributed by atoms with van der Waals surface area (Å²) < 4.78 is 199. The second-order valence-electron chi connectivity index (χ2n) is 19.4. The molecule has 21 rings (SSSR count). The van der Waals surface area contributed by atoms with Gasteiger partial charge in [0, 0.05) is 0 Å². The second-order valence-corrected chi connectivity index (χ2v) is 34.7. The van der Waals surface area contributed by atoms with Crippen molar-refractivity contribution < 1.29 is 95.7 Å². The summed E-state index contributed by atoms with van der Waals surface area (Å²) in [4.78, 5) is 74.8. The van der Waals surface area contributed by atoms with Crippen molar-refractivity contribution in [2.75, 3.05) is 0 Å². The number of azo groups is 3. The molecule has 0 saturated heterocycles. The number of nitrogens with one attached hydrogen (secondary N) is 3. The molecule has 0 fully saturated rings. The molecule has 0 radical (unpaired) electrons. The summed E-state index contributed by atoms with van der Waals surface area (Å²) in [6.45, 7) is 0. The van der Waals surface area contributed by atoms with E-state index in [-0.39, 0.29) is 63.5 Å². The Kier molecular flexibility index (Phi) is 16.6. The van der Waals surface area contributed by atoms with Crippen LogP contribution in [0.5, 0.6) is 0 Å². The van der Waals surface area contributed by atoms with Gasteiger partial charge in [-0.15, -0.1) is 15.3 Å². The molecule has 15 heterocycles. The van der Waals surface area contributed by atoms with Gasteiger partial charge >= 0.3 is 63.4 Å². The molecule has 0 unspecified atom stereocenters. The predicted octanol–water partition coefficient (Wildman–Crippen LogP) is 3.48. The summed E-state index contributed by atoms with van der Waals surface area (Å²) in [5.41, 5.74) is -4.11. The van der Waals surface area contributed by atoms with Gasteiger partial charge in [0.2, 0.25) is 0 Å². The number of hydrogen-bond donors (Lipinski definition) is 3. The molecular formula is C48H27Al3N12O27S6. The van der Waals surface area contributed by atoms with Crippen LogP contribution in [0.3, 0.4) is 0 Å². The average molecular weight is 1480 g/mol. The van der Waals surface area contributed by atoms with E-state index in [0.29, 0.717) is 0 Å². The Morgan fingerprint density at radius 2 is 0.458 bits per heavy atom. The van der Waals surface area contributed by atoms with Crippen LogP contribution >= 0.6 is 0 Å². The maximum absolute atomic E-state index is 12.9. The largest absolute Gasteiger partial charge is 1.03 e. The molecule has 6 aromatic carbocycles. The van der Waals surface area contributed by atoms with Crippen molar-refractivity contribution in [3.05, 3.63) is 194 Å². The van der Waals surface area contributed by atoms with Gasteiger partial charge in [0.1, 0.15) is 0 Å². The van der Waals surface area contributed by atoms with Crippen LogP contribution in [-0.2, 0) is 91.5 Å². The summed E-state index contributed by atoms with van der Waals surface area (Å²) in [5, 5.41) is 30.7. The first-order valence-electron chi connectivity index (χ1n) is 26.1. The van der Waals surface area contributed by atoms with E-state index in [9.17, 15) is 79.3 Å². The van der Waals surface area contributed by atoms with Gasteiger partial charge in [-0.1, -0.05) is 0 Å². The Hall–Kier alpha value is -9.38. The Balaban J connectivity index is 0.000000130. The Morgan fingerprint density at radius 1 is 0.271 bits per heavy atom. The molecule has 0 amide bonds. The molecule has 0 saturated carbocycles. The quantitative estimate of drug-likeness (QED) is 0.183. The highest BCUT2D eigenvalue weighted by molar-refractivity contribution is 7.90. The number of H-pyrrole nitrogens is 3. The number of carbonyl (C=O) groups is 3. The van der Waals surface area contributed by atoms with Crippen LogP contribution < -0.4 is 16.7 Å². The van der Waals surface area contributed by atoms with Crippen LogP contribution in [0.1, 0.15) is 31.5 Å². The first-order chi connectivity index (χ1) is 45.4. The van der Waals surface area contributed by atoms with Crippen molar-refractivity contribution in [3.63, 3.8) is 0 Å². The third-order valence-electron chi connectivity index (χ3n) is 13.4. The second kappa shape index (κ2) is 24.4. The molecule has 48 heteroatoms. The predicted molar refractivity (Wildman–Crippen MR) is 314 cm³/mol. The van der Waals surface area contributed by atoms with E-state index in [2.05, 4.69) is 46.0 Å². The van der Waals surface area contributed by atoms with Gasteiger partial charge in [0.15, 0.2) is 34.1 Å². The zero-order valence-electron chi connectivity index (χ0n) is 46.6. The Labute approximate surface area is 549 Å². The lowest BCUT2D eigenvalue weighted by atomic mass is 10.3. The zero-order valence-corrected chi connectivity index (χ0v) is 54.9. The van der Waals surface area contributed by atoms with Gasteiger partial charge in [0.05, 0.1) is 63.5 Å². The number of carbonyl (C=O) groups excluding carboxylic acids is 3. The molecule has 0 aliphatic carbocycles. The molecule has 96 heavy (non-hydrogen) atoms. The number of aromatic amines is 3. The number of hydrogen-bond acceptors (Lipinski definition) is 33. The Morgan fingerprint density at radius 3 is 0.656 bits per heavy atom. The first-order valence-corrected chi connectivity index (χ1v) is 38.8. The molecule has 12 aliphatic rings. The Bertz CT molecular complexity index is 5240. The minimum atomic E-state index is -4.59. The third kappa shape index (κ3) is 12.7. The average Bonchev–Trinajstić information content (AvgIpc) is 1.58. The van der Waals surface area contributed by atoms with E-state index in [1.807, 2.05) is 0 Å². The van der Waals surface area contributed by atoms with Crippen molar-refractivity contribution in [3.8, 4) is 17.1 Å². The van der Waals surface area contributed by atoms with Crippen molar-refractivity contribution in [2.45, 2.75) is 29.4 Å². The molecule has 21 bridgehead atoms. The van der Waals surface area contributed by atoms with Crippen LogP contribution in [-0.4, -0.2) is 143 Å². The fraction of sp³-hybridized carbons (Fsp3) is 0. The van der Waals surface area contributed by atoms with Crippen LogP contribution in [0.2, 0.25) is 0 Å². The highest BCUT2D eigenvalue weighted by Crippen LogP contribution is 2.32. The summed E-state index contributed by atoms with van der Waals surface area (Å²) >= 11 is -12.8. The molecule has 3 aromatic heterocycles. The number of nitrogens with zero attached hydrogens (tertiary/aromatic N) is 9. The van der Waals surface area contributed by atoms with E-state index in [0.717, 1.165) is 86.8 Å². The highest BCUT2D eigenvalue weighted by atomic mass is 32.2. The van der Waals surface area contributed by atoms with Crippen molar-refractivity contribution >= 4 is 158 Å². The molecule has 486 valence electrons. The monoisotopic (exact) mass is 1480 g/mol. The van der Waals surface area contributed by atoms with E-state index in [1.165, 1.54) is 72.8 Å². The lowest BCUT2D eigenvalue weighted by Crippen LogP contribution is -2.35. The summed E-state index contributed by atoms with van der Waals surface area (Å²) in [6, 6.07) is 28.9. The first kappa shape index (κ1) is 65.3. The minimum Gasteiger partial charge on any atom is -0.566 e. The maximum Gasteiger partial charge on any atom is 1.03 e. The van der Waals surface area contributed by atoms with Crippen LogP contribution in [0, 0.1) is 0 Å². The molecule has 12 aliphatic heterocycles. The summed E-state index contributed by atoms with van der Waals surface area (Å²) in [6.07, 6.45) is 0. The van der Waals surface area contributed by atoms with Crippen LogP contribution in [0.4, 0.5) is 34.1 Å².